The number of ketones is 1. The highest BCUT2D eigenvalue weighted by molar-refractivity contribution is 5.82. The fourth-order valence-corrected chi connectivity index (χ4v) is 7.84. The molecule has 0 aromatic heterocycles. The van der Waals surface area contributed by atoms with Gasteiger partial charge in [-0.3, -0.25) is 4.79 Å². The van der Waals surface area contributed by atoms with Gasteiger partial charge in [0.1, 0.15) is 5.78 Å². The van der Waals surface area contributed by atoms with Crippen molar-refractivity contribution in [3.63, 3.8) is 0 Å². The topological polar surface area (TPSA) is 37.3 Å². The van der Waals surface area contributed by atoms with E-state index in [4.69, 9.17) is 0 Å². The molecule has 0 amide bonds. The van der Waals surface area contributed by atoms with Crippen molar-refractivity contribution in [3.05, 3.63) is 47.0 Å². The number of rotatable bonds is 2. The summed E-state index contributed by atoms with van der Waals surface area (Å²) in [7, 11) is 0. The maximum absolute atomic E-state index is 14.6. The van der Waals surface area contributed by atoms with Crippen molar-refractivity contribution in [1.82, 2.24) is 0 Å². The first kappa shape index (κ1) is 23.0. The zero-order chi connectivity index (χ0) is 23.8. The van der Waals surface area contributed by atoms with Crippen LogP contribution in [0.1, 0.15) is 63.4 Å². The molecule has 7 unspecified atom stereocenters. The first-order chi connectivity index (χ1) is 15.5. The molecule has 0 radical (unpaired) electrons. The van der Waals surface area contributed by atoms with Gasteiger partial charge in [0.15, 0.2) is 0 Å². The summed E-state index contributed by atoms with van der Waals surface area (Å²) in [5.41, 5.74) is 1.70. The SMILES string of the molecule is CC12C(O)CC3=C4C(CCC3C1CCC2C(F)(F)C(F)(F)F)CC(=O)CC4c1ccccc1. The van der Waals surface area contributed by atoms with Crippen LogP contribution in [-0.2, 0) is 4.79 Å². The minimum Gasteiger partial charge on any atom is -0.392 e. The van der Waals surface area contributed by atoms with E-state index in [-0.39, 0.29) is 42.8 Å². The molecule has 7 atom stereocenters. The molecule has 1 N–H and O–H groups in total. The number of aliphatic hydroxyl groups excluding tert-OH is 1. The number of Topliss-reactive ketones (excluding diaryl/α,β-unsaturated/α-hetero) is 1. The number of halogens is 5. The van der Waals surface area contributed by atoms with Crippen LogP contribution in [-0.4, -0.2) is 29.1 Å². The Morgan fingerprint density at radius 3 is 2.30 bits per heavy atom. The summed E-state index contributed by atoms with van der Waals surface area (Å²) in [4.78, 5) is 12.5. The van der Waals surface area contributed by atoms with Gasteiger partial charge in [0.05, 0.1) is 6.10 Å². The second kappa shape index (κ2) is 7.62. The van der Waals surface area contributed by atoms with Crippen LogP contribution in [0.4, 0.5) is 22.0 Å². The highest BCUT2D eigenvalue weighted by atomic mass is 19.4. The summed E-state index contributed by atoms with van der Waals surface area (Å²) in [5, 5.41) is 11.2. The fraction of sp³-hybridized carbons (Fsp3) is 0.654. The van der Waals surface area contributed by atoms with E-state index in [0.29, 0.717) is 19.3 Å². The van der Waals surface area contributed by atoms with Crippen LogP contribution in [0.15, 0.2) is 41.5 Å². The zero-order valence-electron chi connectivity index (χ0n) is 18.5. The molecule has 1 aromatic carbocycles. The van der Waals surface area contributed by atoms with E-state index in [1.165, 1.54) is 6.92 Å². The Balaban J connectivity index is 1.57. The number of carbonyl (C=O) groups is 1. The standard InChI is InChI=1S/C26H29F5O2/c1-24-20(9-10-21(24)25(27,28)26(29,30)31)17-8-7-15-11-16(32)12-18(14-5-3-2-4-6-14)23(15)19(17)13-22(24)33/h2-6,15,17-18,20-22,33H,7-13H2,1H3. The molecule has 0 heterocycles. The predicted molar refractivity (Wildman–Crippen MR) is 113 cm³/mol. The van der Waals surface area contributed by atoms with Gasteiger partial charge in [-0.05, 0) is 55.4 Å². The Morgan fingerprint density at radius 2 is 1.64 bits per heavy atom. The van der Waals surface area contributed by atoms with Crippen LogP contribution in [0.5, 0.6) is 0 Å². The third kappa shape index (κ3) is 3.32. The Bertz CT molecular complexity index is 969. The summed E-state index contributed by atoms with van der Waals surface area (Å²) in [6.45, 7) is 1.45. The fourth-order valence-electron chi connectivity index (χ4n) is 7.84. The van der Waals surface area contributed by atoms with Crippen LogP contribution in [0.25, 0.3) is 0 Å². The van der Waals surface area contributed by atoms with Crippen LogP contribution in [0.3, 0.4) is 0 Å². The molecule has 2 nitrogen and oxygen atoms in total. The normalized spacial score (nSPS) is 39.2. The van der Waals surface area contributed by atoms with Gasteiger partial charge in [-0.1, -0.05) is 48.4 Å². The van der Waals surface area contributed by atoms with Crippen molar-refractivity contribution in [2.24, 2.45) is 29.1 Å². The summed E-state index contributed by atoms with van der Waals surface area (Å²) >= 11 is 0. The van der Waals surface area contributed by atoms with Gasteiger partial charge in [0.25, 0.3) is 0 Å². The maximum Gasteiger partial charge on any atom is 0.453 e. The number of hydrogen-bond donors (Lipinski definition) is 1. The molecule has 1 aromatic rings. The second-order valence-electron chi connectivity index (χ2n) is 10.7. The van der Waals surface area contributed by atoms with Gasteiger partial charge in [-0.15, -0.1) is 0 Å². The molecule has 0 bridgehead atoms. The summed E-state index contributed by atoms with van der Waals surface area (Å²) < 4.78 is 69.0. The Morgan fingerprint density at radius 1 is 0.939 bits per heavy atom. The molecule has 180 valence electrons. The lowest BCUT2D eigenvalue weighted by atomic mass is 9.52. The molecule has 0 aliphatic heterocycles. The lowest BCUT2D eigenvalue weighted by molar-refractivity contribution is -0.319. The van der Waals surface area contributed by atoms with Crippen molar-refractivity contribution >= 4 is 5.78 Å². The van der Waals surface area contributed by atoms with Gasteiger partial charge >= 0.3 is 12.1 Å². The molecule has 3 fully saturated rings. The molecule has 0 spiro atoms. The van der Waals surface area contributed by atoms with E-state index in [2.05, 4.69) is 0 Å². The maximum atomic E-state index is 14.6. The van der Waals surface area contributed by atoms with E-state index in [9.17, 15) is 31.9 Å². The number of carbonyl (C=O) groups excluding carboxylic acids is 1. The zero-order valence-corrected chi connectivity index (χ0v) is 18.5. The highest BCUT2D eigenvalue weighted by Crippen LogP contribution is 2.67. The molecular formula is C26H29F5O2. The monoisotopic (exact) mass is 468 g/mol. The molecule has 4 aliphatic carbocycles. The number of alkyl halides is 5. The summed E-state index contributed by atoms with van der Waals surface area (Å²) in [6.07, 6.45) is -4.54. The molecule has 33 heavy (non-hydrogen) atoms. The van der Waals surface area contributed by atoms with E-state index < -0.39 is 35.5 Å². The first-order valence-electron chi connectivity index (χ1n) is 11.9. The Labute approximate surface area is 190 Å². The van der Waals surface area contributed by atoms with Crippen molar-refractivity contribution in [2.45, 2.75) is 76.0 Å². The largest absolute Gasteiger partial charge is 0.453 e. The number of hydrogen-bond acceptors (Lipinski definition) is 2. The average molecular weight is 469 g/mol. The number of allylic oxidation sites excluding steroid dienone is 1. The molecular weight excluding hydrogens is 439 g/mol. The lowest BCUT2D eigenvalue weighted by Crippen LogP contribution is -2.57. The van der Waals surface area contributed by atoms with Gasteiger partial charge in [0.2, 0.25) is 0 Å². The number of aliphatic hydroxyl groups is 1. The molecule has 3 saturated carbocycles. The molecule has 0 saturated heterocycles. The molecule has 7 heteroatoms. The smallest absolute Gasteiger partial charge is 0.392 e. The average Bonchev–Trinajstić information content (AvgIpc) is 3.12. The third-order valence-electron chi connectivity index (χ3n) is 9.32. The van der Waals surface area contributed by atoms with E-state index >= 15 is 0 Å². The van der Waals surface area contributed by atoms with Crippen molar-refractivity contribution < 1.29 is 31.9 Å². The molecule has 4 aliphatic rings. The van der Waals surface area contributed by atoms with Gasteiger partial charge in [-0.25, -0.2) is 0 Å². The van der Waals surface area contributed by atoms with Crippen molar-refractivity contribution in [1.29, 1.82) is 0 Å². The van der Waals surface area contributed by atoms with Crippen LogP contribution < -0.4 is 0 Å². The van der Waals surface area contributed by atoms with E-state index in [1.807, 2.05) is 30.3 Å². The highest BCUT2D eigenvalue weighted by Gasteiger charge is 2.72. The van der Waals surface area contributed by atoms with Gasteiger partial charge < -0.3 is 5.11 Å². The minimum atomic E-state index is -5.63. The van der Waals surface area contributed by atoms with Crippen LogP contribution >= 0.6 is 0 Å². The minimum absolute atomic E-state index is 0.0630. The quantitative estimate of drug-likeness (QED) is 0.400. The lowest BCUT2D eigenvalue weighted by Gasteiger charge is -2.54. The van der Waals surface area contributed by atoms with E-state index in [1.54, 1.807) is 0 Å². The summed E-state index contributed by atoms with van der Waals surface area (Å²) in [6, 6.07) is 9.71. The van der Waals surface area contributed by atoms with Crippen LogP contribution in [0.2, 0.25) is 0 Å². The van der Waals surface area contributed by atoms with Crippen LogP contribution in [0, 0.1) is 29.1 Å². The Kier molecular flexibility index (Phi) is 5.31. The van der Waals surface area contributed by atoms with Gasteiger partial charge in [0, 0.05) is 30.1 Å². The van der Waals surface area contributed by atoms with Gasteiger partial charge in [-0.2, -0.15) is 22.0 Å². The Hall–Kier alpha value is -1.76. The second-order valence-corrected chi connectivity index (χ2v) is 10.7. The third-order valence-corrected chi connectivity index (χ3v) is 9.32. The number of benzene rings is 1. The van der Waals surface area contributed by atoms with Crippen molar-refractivity contribution in [3.8, 4) is 0 Å². The van der Waals surface area contributed by atoms with E-state index in [0.717, 1.165) is 23.1 Å². The summed E-state index contributed by atoms with van der Waals surface area (Å²) in [5.74, 6) is -7.14. The number of fused-ring (bicyclic) bond motifs is 4. The first-order valence-corrected chi connectivity index (χ1v) is 11.9. The molecule has 5 rings (SSSR count). The van der Waals surface area contributed by atoms with Crippen molar-refractivity contribution in [2.75, 3.05) is 0 Å². The predicted octanol–water partition coefficient (Wildman–Crippen LogP) is 6.45.